The third-order valence-electron chi connectivity index (χ3n) is 5.79. The quantitative estimate of drug-likeness (QED) is 0.601. The summed E-state index contributed by atoms with van der Waals surface area (Å²) in [6, 6.07) is 17.9. The van der Waals surface area contributed by atoms with E-state index in [1.165, 1.54) is 26.8 Å². The van der Waals surface area contributed by atoms with Crippen molar-refractivity contribution >= 4 is 17.8 Å². The van der Waals surface area contributed by atoms with Gasteiger partial charge in [-0.05, 0) is 34.7 Å². The number of rotatable bonds is 7. The highest BCUT2D eigenvalue weighted by atomic mass is 16.6. The smallest absolute Gasteiger partial charge is 0.409 e. The molecule has 0 aliphatic heterocycles. The fourth-order valence-electron chi connectivity index (χ4n) is 4.01. The lowest BCUT2D eigenvalue weighted by Crippen LogP contribution is -2.30. The molecule has 33 heavy (non-hydrogen) atoms. The molecule has 1 aromatic heterocycles. The first-order valence-electron chi connectivity index (χ1n) is 10.8. The summed E-state index contributed by atoms with van der Waals surface area (Å²) in [6.07, 6.45) is 1.76. The molecule has 3 aromatic rings. The number of carbonyl (C=O) groups excluding carboxylic acids is 2. The van der Waals surface area contributed by atoms with Gasteiger partial charge in [0.1, 0.15) is 12.4 Å². The standard InChI is InChI=1S/C25H26N4O4/c1-28-15-13-22(27-24(28)31)26-23(30)12-7-14-29(2)25(32)33-16-21-19-10-5-3-8-17(19)18-9-4-6-11-20(18)21/h3-6,8-11,13,15,21H,7,12,14,16H2,1-2H3,(H,26,27,30,31). The van der Waals surface area contributed by atoms with Crippen molar-refractivity contribution in [3.05, 3.63) is 82.4 Å². The Balaban J connectivity index is 1.26. The van der Waals surface area contributed by atoms with E-state index in [9.17, 15) is 14.4 Å². The Bertz CT molecular complexity index is 1190. The number of carbonyl (C=O) groups is 2. The predicted molar refractivity (Wildman–Crippen MR) is 125 cm³/mol. The maximum Gasteiger partial charge on any atom is 0.409 e. The third-order valence-corrected chi connectivity index (χ3v) is 5.79. The Hall–Kier alpha value is -3.94. The maximum atomic E-state index is 12.5. The summed E-state index contributed by atoms with van der Waals surface area (Å²) >= 11 is 0. The van der Waals surface area contributed by atoms with E-state index in [-0.39, 0.29) is 30.7 Å². The number of hydrogen-bond donors (Lipinski definition) is 1. The van der Waals surface area contributed by atoms with Gasteiger partial charge in [0.25, 0.3) is 0 Å². The second-order valence-corrected chi connectivity index (χ2v) is 8.08. The minimum Gasteiger partial charge on any atom is -0.448 e. The molecule has 1 heterocycles. The van der Waals surface area contributed by atoms with E-state index in [0.29, 0.717) is 13.0 Å². The number of hydrogen-bond acceptors (Lipinski definition) is 5. The molecular formula is C25H26N4O4. The topological polar surface area (TPSA) is 93.5 Å². The summed E-state index contributed by atoms with van der Waals surface area (Å²) in [5.74, 6) is -0.0451. The minimum absolute atomic E-state index is 0.00612. The van der Waals surface area contributed by atoms with Crippen molar-refractivity contribution in [3.63, 3.8) is 0 Å². The van der Waals surface area contributed by atoms with Crippen molar-refractivity contribution in [1.29, 1.82) is 0 Å². The fourth-order valence-corrected chi connectivity index (χ4v) is 4.01. The van der Waals surface area contributed by atoms with Gasteiger partial charge in [0.05, 0.1) is 0 Å². The van der Waals surface area contributed by atoms with Crippen LogP contribution in [0.15, 0.2) is 65.6 Å². The molecule has 4 rings (SSSR count). The van der Waals surface area contributed by atoms with Gasteiger partial charge in [-0.25, -0.2) is 9.59 Å². The molecular weight excluding hydrogens is 420 g/mol. The first kappa shape index (κ1) is 22.3. The van der Waals surface area contributed by atoms with Gasteiger partial charge in [-0.2, -0.15) is 4.98 Å². The number of nitrogens with one attached hydrogen (secondary N) is 1. The van der Waals surface area contributed by atoms with Crippen molar-refractivity contribution in [3.8, 4) is 11.1 Å². The molecule has 1 aliphatic rings. The molecule has 0 radical (unpaired) electrons. The maximum absolute atomic E-state index is 12.5. The molecule has 8 nitrogen and oxygen atoms in total. The van der Waals surface area contributed by atoms with Crippen LogP contribution in [-0.4, -0.2) is 46.7 Å². The van der Waals surface area contributed by atoms with E-state index in [1.54, 1.807) is 20.2 Å². The third kappa shape index (κ3) is 4.95. The SMILES string of the molecule is CN(CCCC(=O)Nc1ccn(C)c(=O)n1)C(=O)OCC1c2ccccc2-c2ccccc21. The molecule has 170 valence electrons. The Morgan fingerprint density at radius 1 is 1.06 bits per heavy atom. The van der Waals surface area contributed by atoms with Crippen LogP contribution in [-0.2, 0) is 16.6 Å². The largest absolute Gasteiger partial charge is 0.448 e. The first-order valence-corrected chi connectivity index (χ1v) is 10.8. The van der Waals surface area contributed by atoms with Crippen molar-refractivity contribution in [2.24, 2.45) is 7.05 Å². The average Bonchev–Trinajstić information content (AvgIpc) is 3.13. The number of aromatic nitrogens is 2. The monoisotopic (exact) mass is 446 g/mol. The van der Waals surface area contributed by atoms with Gasteiger partial charge in [-0.15, -0.1) is 0 Å². The average molecular weight is 447 g/mol. The normalized spacial score (nSPS) is 12.1. The van der Waals surface area contributed by atoms with Gasteiger partial charge in [0.15, 0.2) is 0 Å². The molecule has 2 aromatic carbocycles. The summed E-state index contributed by atoms with van der Waals surface area (Å²) in [5.41, 5.74) is 4.24. The Labute approximate surface area is 191 Å². The van der Waals surface area contributed by atoms with Gasteiger partial charge in [-0.3, -0.25) is 4.79 Å². The summed E-state index contributed by atoms with van der Waals surface area (Å²) in [7, 11) is 3.24. The van der Waals surface area contributed by atoms with Crippen LogP contribution in [0.4, 0.5) is 10.6 Å². The van der Waals surface area contributed by atoms with Crippen LogP contribution in [0.1, 0.15) is 29.9 Å². The van der Waals surface area contributed by atoms with E-state index < -0.39 is 11.8 Å². The van der Waals surface area contributed by atoms with E-state index in [4.69, 9.17) is 4.74 Å². The number of ether oxygens (including phenoxy) is 1. The molecule has 8 heteroatoms. The van der Waals surface area contributed by atoms with Crippen LogP contribution in [0.25, 0.3) is 11.1 Å². The Morgan fingerprint density at radius 2 is 1.70 bits per heavy atom. The van der Waals surface area contributed by atoms with E-state index in [0.717, 1.165) is 11.1 Å². The van der Waals surface area contributed by atoms with Gasteiger partial charge in [0, 0.05) is 39.2 Å². The van der Waals surface area contributed by atoms with Crippen molar-refractivity contribution in [1.82, 2.24) is 14.5 Å². The molecule has 0 fully saturated rings. The Kier molecular flexibility index (Phi) is 6.53. The van der Waals surface area contributed by atoms with Crippen LogP contribution in [0, 0.1) is 0 Å². The number of aryl methyl sites for hydroxylation is 1. The van der Waals surface area contributed by atoms with Gasteiger partial charge in [0.2, 0.25) is 5.91 Å². The van der Waals surface area contributed by atoms with Gasteiger partial charge in [-0.1, -0.05) is 48.5 Å². The lowest BCUT2D eigenvalue weighted by molar-refractivity contribution is -0.116. The number of benzene rings is 2. The zero-order valence-electron chi connectivity index (χ0n) is 18.7. The van der Waals surface area contributed by atoms with Crippen LogP contribution in [0.3, 0.4) is 0 Å². The van der Waals surface area contributed by atoms with Crippen LogP contribution >= 0.6 is 0 Å². The van der Waals surface area contributed by atoms with Crippen molar-refractivity contribution in [2.45, 2.75) is 18.8 Å². The second kappa shape index (κ2) is 9.68. The molecule has 0 bridgehead atoms. The van der Waals surface area contributed by atoms with Crippen LogP contribution in [0.5, 0.6) is 0 Å². The van der Waals surface area contributed by atoms with Crippen LogP contribution < -0.4 is 11.0 Å². The Morgan fingerprint density at radius 3 is 2.33 bits per heavy atom. The number of fused-ring (bicyclic) bond motifs is 3. The highest BCUT2D eigenvalue weighted by Crippen LogP contribution is 2.44. The van der Waals surface area contributed by atoms with Gasteiger partial charge >= 0.3 is 11.8 Å². The van der Waals surface area contributed by atoms with E-state index >= 15 is 0 Å². The molecule has 1 aliphatic carbocycles. The molecule has 0 atom stereocenters. The van der Waals surface area contributed by atoms with Crippen molar-refractivity contribution < 1.29 is 14.3 Å². The van der Waals surface area contributed by atoms with Gasteiger partial charge < -0.3 is 19.5 Å². The predicted octanol–water partition coefficient (Wildman–Crippen LogP) is 3.38. The van der Waals surface area contributed by atoms with E-state index in [1.807, 2.05) is 24.3 Å². The van der Waals surface area contributed by atoms with Crippen molar-refractivity contribution in [2.75, 3.05) is 25.5 Å². The zero-order chi connectivity index (χ0) is 23.4. The van der Waals surface area contributed by atoms with E-state index in [2.05, 4.69) is 34.6 Å². The first-order chi connectivity index (χ1) is 15.9. The summed E-state index contributed by atoms with van der Waals surface area (Å²) in [4.78, 5) is 41.4. The lowest BCUT2D eigenvalue weighted by Gasteiger charge is -2.19. The van der Waals surface area contributed by atoms with Crippen LogP contribution in [0.2, 0.25) is 0 Å². The highest BCUT2D eigenvalue weighted by Gasteiger charge is 2.29. The second-order valence-electron chi connectivity index (χ2n) is 8.08. The summed E-state index contributed by atoms with van der Waals surface area (Å²) in [6.45, 7) is 0.625. The molecule has 0 spiro atoms. The number of nitrogens with zero attached hydrogens (tertiary/aromatic N) is 3. The minimum atomic E-state index is -0.442. The molecule has 0 unspecified atom stereocenters. The number of anilines is 1. The molecule has 0 saturated carbocycles. The summed E-state index contributed by atoms with van der Waals surface area (Å²) in [5, 5.41) is 2.60. The molecule has 2 amide bonds. The highest BCUT2D eigenvalue weighted by molar-refractivity contribution is 5.89. The number of amides is 2. The summed E-state index contributed by atoms with van der Waals surface area (Å²) < 4.78 is 6.94. The molecule has 0 saturated heterocycles. The lowest BCUT2D eigenvalue weighted by atomic mass is 9.98. The fraction of sp³-hybridized carbons (Fsp3) is 0.280. The molecule has 1 N–H and O–H groups in total. The zero-order valence-corrected chi connectivity index (χ0v) is 18.7.